The van der Waals surface area contributed by atoms with Gasteiger partial charge in [-0.2, -0.15) is 0 Å². The maximum atomic E-state index is 12.7. The van der Waals surface area contributed by atoms with Crippen LogP contribution in [0.15, 0.2) is 23.6 Å². The van der Waals surface area contributed by atoms with Crippen molar-refractivity contribution >= 4 is 33.8 Å². The molecule has 8 nitrogen and oxygen atoms in total. The number of amides is 1. The van der Waals surface area contributed by atoms with Gasteiger partial charge in [0, 0.05) is 43.2 Å². The van der Waals surface area contributed by atoms with Gasteiger partial charge in [-0.3, -0.25) is 14.9 Å². The molecule has 1 aliphatic heterocycles. The molecule has 0 bridgehead atoms. The van der Waals surface area contributed by atoms with Crippen molar-refractivity contribution < 1.29 is 9.72 Å². The zero-order valence-electron chi connectivity index (χ0n) is 13.8. The van der Waals surface area contributed by atoms with Gasteiger partial charge in [0.15, 0.2) is 5.13 Å². The van der Waals surface area contributed by atoms with Gasteiger partial charge in [-0.1, -0.05) is 0 Å². The van der Waals surface area contributed by atoms with E-state index in [2.05, 4.69) is 9.88 Å². The molecule has 0 atom stereocenters. The number of nitrogens with zero attached hydrogens (tertiary/aromatic N) is 4. The van der Waals surface area contributed by atoms with Crippen LogP contribution in [-0.4, -0.2) is 46.9 Å². The summed E-state index contributed by atoms with van der Waals surface area (Å²) in [6, 6.07) is 4.20. The number of aryl methyl sites for hydroxylation is 1. The number of nitro groups is 1. The molecular weight excluding hydrogens is 342 g/mol. The van der Waals surface area contributed by atoms with Gasteiger partial charge >= 0.3 is 0 Å². The lowest BCUT2D eigenvalue weighted by atomic mass is 10.1. The van der Waals surface area contributed by atoms with Gasteiger partial charge in [-0.05, 0) is 25.5 Å². The Bertz CT molecular complexity index is 807. The van der Waals surface area contributed by atoms with Crippen LogP contribution < -0.4 is 10.6 Å². The van der Waals surface area contributed by atoms with Gasteiger partial charge in [0.1, 0.15) is 5.69 Å². The van der Waals surface area contributed by atoms with E-state index in [-0.39, 0.29) is 17.3 Å². The van der Waals surface area contributed by atoms with Crippen LogP contribution in [0.2, 0.25) is 0 Å². The molecule has 0 spiro atoms. The molecule has 0 radical (unpaired) electrons. The third-order valence-corrected chi connectivity index (χ3v) is 5.15. The van der Waals surface area contributed by atoms with Crippen LogP contribution in [0.5, 0.6) is 0 Å². The van der Waals surface area contributed by atoms with Gasteiger partial charge in [-0.25, -0.2) is 4.98 Å². The summed E-state index contributed by atoms with van der Waals surface area (Å²) < 4.78 is 0. The summed E-state index contributed by atoms with van der Waals surface area (Å²) in [5.74, 6) is -0.208. The summed E-state index contributed by atoms with van der Waals surface area (Å²) in [6.45, 7) is 4.64. The van der Waals surface area contributed by atoms with E-state index in [9.17, 15) is 14.9 Å². The minimum Gasteiger partial charge on any atom is -0.393 e. The zero-order chi connectivity index (χ0) is 18.0. The normalized spacial score (nSPS) is 15.1. The van der Waals surface area contributed by atoms with Crippen molar-refractivity contribution in [3.05, 3.63) is 45.0 Å². The average molecular weight is 361 g/mol. The Balaban J connectivity index is 1.73. The van der Waals surface area contributed by atoms with Crippen molar-refractivity contribution in [3.63, 3.8) is 0 Å². The fraction of sp³-hybridized carbons (Fsp3) is 0.375. The number of nitro benzene ring substituents is 1. The van der Waals surface area contributed by atoms with E-state index in [0.29, 0.717) is 25.2 Å². The van der Waals surface area contributed by atoms with Gasteiger partial charge in [0.05, 0.1) is 10.6 Å². The molecule has 1 amide bonds. The highest BCUT2D eigenvalue weighted by molar-refractivity contribution is 7.13. The van der Waals surface area contributed by atoms with Crippen molar-refractivity contribution in [1.82, 2.24) is 9.88 Å². The summed E-state index contributed by atoms with van der Waals surface area (Å²) >= 11 is 1.60. The average Bonchev–Trinajstić information content (AvgIpc) is 2.87. The third-order valence-electron chi connectivity index (χ3n) is 4.13. The van der Waals surface area contributed by atoms with E-state index in [1.807, 2.05) is 12.3 Å². The summed E-state index contributed by atoms with van der Waals surface area (Å²) in [6.07, 6.45) is 0.821. The lowest BCUT2D eigenvalue weighted by Crippen LogP contribution is -2.35. The topological polar surface area (TPSA) is 106 Å². The van der Waals surface area contributed by atoms with Gasteiger partial charge in [-0.15, -0.1) is 11.3 Å². The molecule has 1 aromatic heterocycles. The second-order valence-electron chi connectivity index (χ2n) is 5.93. The number of nitrogens with two attached hydrogens (primary N) is 1. The quantitative estimate of drug-likeness (QED) is 0.511. The van der Waals surface area contributed by atoms with E-state index >= 15 is 0 Å². The summed E-state index contributed by atoms with van der Waals surface area (Å²) in [7, 11) is 0. The maximum Gasteiger partial charge on any atom is 0.292 e. The fourth-order valence-electron chi connectivity index (χ4n) is 2.82. The summed E-state index contributed by atoms with van der Waals surface area (Å²) in [5, 5.41) is 14.0. The second-order valence-corrected chi connectivity index (χ2v) is 6.77. The third kappa shape index (κ3) is 3.71. The molecule has 0 saturated carbocycles. The Morgan fingerprint density at radius 1 is 1.32 bits per heavy atom. The van der Waals surface area contributed by atoms with Crippen molar-refractivity contribution in [2.24, 2.45) is 0 Å². The van der Waals surface area contributed by atoms with E-state index in [0.717, 1.165) is 23.8 Å². The van der Waals surface area contributed by atoms with Crippen LogP contribution in [0.3, 0.4) is 0 Å². The number of hydrogen-bond donors (Lipinski definition) is 1. The molecule has 132 valence electrons. The molecule has 25 heavy (non-hydrogen) atoms. The molecule has 2 aromatic rings. The van der Waals surface area contributed by atoms with E-state index in [1.54, 1.807) is 16.2 Å². The Hall–Kier alpha value is -2.68. The number of rotatable bonds is 3. The van der Waals surface area contributed by atoms with Crippen molar-refractivity contribution in [1.29, 1.82) is 0 Å². The number of thiazole rings is 1. The van der Waals surface area contributed by atoms with E-state index in [1.165, 1.54) is 18.2 Å². The minimum absolute atomic E-state index is 0.0581. The highest BCUT2D eigenvalue weighted by Gasteiger charge is 2.23. The Morgan fingerprint density at radius 2 is 2.12 bits per heavy atom. The van der Waals surface area contributed by atoms with Gasteiger partial charge in [0.2, 0.25) is 0 Å². The Kier molecular flexibility index (Phi) is 4.84. The molecule has 1 saturated heterocycles. The number of carbonyl (C=O) groups is 1. The molecule has 2 heterocycles. The van der Waals surface area contributed by atoms with Crippen molar-refractivity contribution in [2.45, 2.75) is 13.3 Å². The monoisotopic (exact) mass is 361 g/mol. The molecule has 9 heteroatoms. The number of hydrogen-bond acceptors (Lipinski definition) is 7. The lowest BCUT2D eigenvalue weighted by Gasteiger charge is -2.21. The fourth-order valence-corrected chi connectivity index (χ4v) is 3.67. The first-order chi connectivity index (χ1) is 12.0. The van der Waals surface area contributed by atoms with E-state index < -0.39 is 4.92 Å². The lowest BCUT2D eigenvalue weighted by molar-refractivity contribution is -0.383. The number of aromatic nitrogens is 1. The van der Waals surface area contributed by atoms with Crippen LogP contribution in [-0.2, 0) is 0 Å². The molecule has 1 aliphatic rings. The zero-order valence-corrected chi connectivity index (χ0v) is 14.7. The van der Waals surface area contributed by atoms with Crippen molar-refractivity contribution in [3.8, 4) is 0 Å². The summed E-state index contributed by atoms with van der Waals surface area (Å²) in [4.78, 5) is 31.6. The molecular formula is C16H19N5O3S. The predicted molar refractivity (Wildman–Crippen MR) is 97.1 cm³/mol. The first-order valence-corrected chi connectivity index (χ1v) is 8.84. The number of carbonyl (C=O) groups excluding carboxylic acids is 1. The number of anilines is 2. The smallest absolute Gasteiger partial charge is 0.292 e. The number of nitrogen functional groups attached to an aromatic ring is 1. The van der Waals surface area contributed by atoms with Crippen LogP contribution >= 0.6 is 11.3 Å². The molecule has 1 fully saturated rings. The van der Waals surface area contributed by atoms with E-state index in [4.69, 9.17) is 5.73 Å². The highest BCUT2D eigenvalue weighted by Crippen LogP contribution is 2.24. The Labute approximate surface area is 149 Å². The van der Waals surface area contributed by atoms with Gasteiger partial charge in [0.25, 0.3) is 11.6 Å². The number of benzene rings is 1. The molecule has 0 aliphatic carbocycles. The van der Waals surface area contributed by atoms with Crippen LogP contribution in [0.25, 0.3) is 0 Å². The Morgan fingerprint density at radius 3 is 2.80 bits per heavy atom. The minimum atomic E-state index is -0.568. The largest absolute Gasteiger partial charge is 0.393 e. The molecule has 2 N–H and O–H groups in total. The van der Waals surface area contributed by atoms with Crippen LogP contribution in [0.4, 0.5) is 16.5 Å². The van der Waals surface area contributed by atoms with Crippen LogP contribution in [0, 0.1) is 17.0 Å². The molecule has 1 aromatic carbocycles. The first-order valence-electron chi connectivity index (χ1n) is 7.96. The molecule has 3 rings (SSSR count). The SMILES string of the molecule is Cc1csc(N2CCCN(C(=O)c3ccc(N)c([N+](=O)[O-])c3)CC2)n1. The predicted octanol–water partition coefficient (Wildman–Crippen LogP) is 2.29. The van der Waals surface area contributed by atoms with Gasteiger partial charge < -0.3 is 15.5 Å². The van der Waals surface area contributed by atoms with Crippen LogP contribution in [0.1, 0.15) is 22.5 Å². The van der Waals surface area contributed by atoms with Crippen molar-refractivity contribution in [2.75, 3.05) is 36.8 Å². The maximum absolute atomic E-state index is 12.7. The highest BCUT2D eigenvalue weighted by atomic mass is 32.1. The standard InChI is InChI=1S/C16H19N5O3S/c1-11-10-25-16(18-11)20-6-2-5-19(7-8-20)15(22)12-3-4-13(17)14(9-12)21(23)24/h3-4,9-10H,2,5-8,17H2,1H3. The summed E-state index contributed by atoms with van der Waals surface area (Å²) in [5.41, 5.74) is 6.71. The molecule has 0 unspecified atom stereocenters. The second kappa shape index (κ2) is 7.06. The first kappa shape index (κ1) is 17.2.